The van der Waals surface area contributed by atoms with Crippen molar-refractivity contribution in [2.45, 2.75) is 33.2 Å². The van der Waals surface area contributed by atoms with E-state index in [1.165, 1.54) is 0 Å². The molecule has 4 rings (SSSR count). The third kappa shape index (κ3) is 5.30. The zero-order valence-electron chi connectivity index (χ0n) is 18.2. The van der Waals surface area contributed by atoms with Crippen molar-refractivity contribution in [3.63, 3.8) is 0 Å². The quantitative estimate of drug-likeness (QED) is 0.638. The van der Waals surface area contributed by atoms with Crippen LogP contribution in [0.1, 0.15) is 28.9 Å². The van der Waals surface area contributed by atoms with E-state index in [4.69, 9.17) is 4.74 Å². The normalized spacial score (nSPS) is 13.9. The number of aryl methyl sites for hydroxylation is 3. The molecule has 0 aliphatic carbocycles. The van der Waals surface area contributed by atoms with Gasteiger partial charge in [0.05, 0.1) is 24.6 Å². The highest BCUT2D eigenvalue weighted by Crippen LogP contribution is 2.18. The van der Waals surface area contributed by atoms with Gasteiger partial charge in [0.2, 0.25) is 5.91 Å². The molecule has 1 aromatic carbocycles. The average Bonchev–Trinajstić information content (AvgIpc) is 3.15. The molecular weight excluding hydrogens is 390 g/mol. The molecule has 0 atom stereocenters. The van der Waals surface area contributed by atoms with E-state index in [2.05, 4.69) is 50.6 Å². The van der Waals surface area contributed by atoms with Crippen LogP contribution in [0.15, 0.2) is 48.7 Å². The summed E-state index contributed by atoms with van der Waals surface area (Å²) in [5.74, 6) is 0.977. The Balaban J connectivity index is 1.30. The molecular formula is C24H29N5O2. The predicted octanol–water partition coefficient (Wildman–Crippen LogP) is 2.97. The Bertz CT molecular complexity index is 1020. The van der Waals surface area contributed by atoms with E-state index in [1.807, 2.05) is 30.7 Å². The van der Waals surface area contributed by atoms with Gasteiger partial charge in [-0.3, -0.25) is 4.79 Å². The summed E-state index contributed by atoms with van der Waals surface area (Å²) < 4.78 is 7.36. The highest BCUT2D eigenvalue weighted by molar-refractivity contribution is 5.76. The molecule has 2 aromatic heterocycles. The summed E-state index contributed by atoms with van der Waals surface area (Å²) in [5, 5.41) is 7.56. The fourth-order valence-corrected chi connectivity index (χ4v) is 3.86. The molecule has 0 bridgehead atoms. The average molecular weight is 420 g/mol. The van der Waals surface area contributed by atoms with Crippen LogP contribution in [0, 0.1) is 13.8 Å². The second kappa shape index (κ2) is 9.75. The number of amides is 1. The van der Waals surface area contributed by atoms with Crippen molar-refractivity contribution in [3.8, 4) is 5.69 Å². The van der Waals surface area contributed by atoms with Gasteiger partial charge >= 0.3 is 0 Å². The second-order valence-electron chi connectivity index (χ2n) is 7.87. The van der Waals surface area contributed by atoms with Gasteiger partial charge in [0.15, 0.2) is 0 Å². The molecule has 31 heavy (non-hydrogen) atoms. The molecule has 1 aliphatic heterocycles. The predicted molar refractivity (Wildman–Crippen MR) is 120 cm³/mol. The molecule has 162 valence electrons. The third-order valence-electron chi connectivity index (χ3n) is 5.49. The Hall–Kier alpha value is -3.19. The molecule has 1 N–H and O–H groups in total. The fourth-order valence-electron chi connectivity index (χ4n) is 3.86. The first-order valence-electron chi connectivity index (χ1n) is 10.8. The first-order chi connectivity index (χ1) is 15.1. The number of ether oxygens (including phenoxy) is 1. The molecule has 1 aliphatic rings. The van der Waals surface area contributed by atoms with E-state index in [1.54, 1.807) is 6.20 Å². The molecule has 1 fully saturated rings. The standard InChI is InChI=1S/C24H29N5O2/c1-18-16-19(2)29(27-18)22-8-5-20(6-9-22)7-10-23(30)26-17-21-4-3-11-25-24(21)28-12-14-31-15-13-28/h3-6,8-9,11,16H,7,10,12-15,17H2,1-2H3,(H,26,30). The molecule has 0 radical (unpaired) electrons. The lowest BCUT2D eigenvalue weighted by molar-refractivity contribution is -0.121. The zero-order valence-corrected chi connectivity index (χ0v) is 18.2. The number of carbonyl (C=O) groups is 1. The van der Waals surface area contributed by atoms with Crippen LogP contribution in [0.25, 0.3) is 5.69 Å². The lowest BCUT2D eigenvalue weighted by Gasteiger charge is -2.29. The fraction of sp³-hybridized carbons (Fsp3) is 0.375. The lowest BCUT2D eigenvalue weighted by Crippen LogP contribution is -2.37. The molecule has 1 amide bonds. The number of hydrogen-bond donors (Lipinski definition) is 1. The zero-order chi connectivity index (χ0) is 21.6. The van der Waals surface area contributed by atoms with Gasteiger partial charge in [-0.2, -0.15) is 5.10 Å². The molecule has 0 saturated carbocycles. The maximum Gasteiger partial charge on any atom is 0.220 e. The van der Waals surface area contributed by atoms with Crippen molar-refractivity contribution in [1.29, 1.82) is 0 Å². The first kappa shape index (κ1) is 21.1. The van der Waals surface area contributed by atoms with Crippen LogP contribution in [0.2, 0.25) is 0 Å². The third-order valence-corrected chi connectivity index (χ3v) is 5.49. The molecule has 1 saturated heterocycles. The van der Waals surface area contributed by atoms with Crippen molar-refractivity contribution in [1.82, 2.24) is 20.1 Å². The van der Waals surface area contributed by atoms with Crippen molar-refractivity contribution >= 4 is 11.7 Å². The van der Waals surface area contributed by atoms with Crippen molar-refractivity contribution in [2.75, 3.05) is 31.2 Å². The van der Waals surface area contributed by atoms with Crippen LogP contribution < -0.4 is 10.2 Å². The summed E-state index contributed by atoms with van der Waals surface area (Å²) in [6.45, 7) is 7.59. The SMILES string of the molecule is Cc1cc(C)n(-c2ccc(CCC(=O)NCc3cccnc3N3CCOCC3)cc2)n1. The number of aromatic nitrogens is 3. The monoisotopic (exact) mass is 419 g/mol. The van der Waals surface area contributed by atoms with Crippen molar-refractivity contribution in [2.24, 2.45) is 0 Å². The number of nitrogens with zero attached hydrogens (tertiary/aromatic N) is 4. The van der Waals surface area contributed by atoms with E-state index >= 15 is 0 Å². The van der Waals surface area contributed by atoms with Crippen LogP contribution in [-0.2, 0) is 22.5 Å². The Kier molecular flexibility index (Phi) is 6.62. The molecule has 3 heterocycles. The maximum atomic E-state index is 12.4. The number of nitrogens with one attached hydrogen (secondary N) is 1. The van der Waals surface area contributed by atoms with Gasteiger partial charge in [-0.1, -0.05) is 18.2 Å². The van der Waals surface area contributed by atoms with Crippen LogP contribution in [-0.4, -0.2) is 47.0 Å². The summed E-state index contributed by atoms with van der Waals surface area (Å²) in [5.41, 5.74) is 5.31. The number of pyridine rings is 1. The van der Waals surface area contributed by atoms with Crippen LogP contribution in [0.3, 0.4) is 0 Å². The van der Waals surface area contributed by atoms with Crippen molar-refractivity contribution < 1.29 is 9.53 Å². The highest BCUT2D eigenvalue weighted by atomic mass is 16.5. The second-order valence-corrected chi connectivity index (χ2v) is 7.87. The van der Waals surface area contributed by atoms with Gasteiger partial charge in [-0.05, 0) is 50.1 Å². The minimum absolute atomic E-state index is 0.0411. The smallest absolute Gasteiger partial charge is 0.220 e. The van der Waals surface area contributed by atoms with Gasteiger partial charge in [-0.15, -0.1) is 0 Å². The summed E-state index contributed by atoms with van der Waals surface area (Å²) in [6, 6.07) is 14.2. The molecule has 3 aromatic rings. The largest absolute Gasteiger partial charge is 0.378 e. The van der Waals surface area contributed by atoms with E-state index in [9.17, 15) is 4.79 Å². The number of morpholine rings is 1. The van der Waals surface area contributed by atoms with E-state index in [-0.39, 0.29) is 5.91 Å². The van der Waals surface area contributed by atoms with E-state index in [0.29, 0.717) is 32.6 Å². The summed E-state index contributed by atoms with van der Waals surface area (Å²) in [7, 11) is 0. The number of hydrogen-bond acceptors (Lipinski definition) is 5. The van der Waals surface area contributed by atoms with Gasteiger partial charge in [-0.25, -0.2) is 9.67 Å². The Labute approximate surface area is 183 Å². The Morgan fingerprint density at radius 1 is 1.13 bits per heavy atom. The van der Waals surface area contributed by atoms with Crippen LogP contribution in [0.5, 0.6) is 0 Å². The molecule has 7 heteroatoms. The number of benzene rings is 1. The Morgan fingerprint density at radius 3 is 2.61 bits per heavy atom. The van der Waals surface area contributed by atoms with Gasteiger partial charge in [0.25, 0.3) is 0 Å². The topological polar surface area (TPSA) is 72.3 Å². The van der Waals surface area contributed by atoms with Gasteiger partial charge in [0.1, 0.15) is 5.82 Å². The molecule has 0 spiro atoms. The van der Waals surface area contributed by atoms with Crippen LogP contribution in [0.4, 0.5) is 5.82 Å². The van der Waals surface area contributed by atoms with Crippen LogP contribution >= 0.6 is 0 Å². The number of rotatable bonds is 7. The summed E-state index contributed by atoms with van der Waals surface area (Å²) in [4.78, 5) is 19.2. The van der Waals surface area contributed by atoms with E-state index < -0.39 is 0 Å². The molecule has 7 nitrogen and oxygen atoms in total. The Morgan fingerprint density at radius 2 is 1.90 bits per heavy atom. The maximum absolute atomic E-state index is 12.4. The first-order valence-corrected chi connectivity index (χ1v) is 10.8. The van der Waals surface area contributed by atoms with Gasteiger partial charge in [0, 0.05) is 43.5 Å². The van der Waals surface area contributed by atoms with Gasteiger partial charge < -0.3 is 15.0 Å². The summed E-state index contributed by atoms with van der Waals surface area (Å²) in [6.07, 6.45) is 2.95. The molecule has 0 unspecified atom stereocenters. The lowest BCUT2D eigenvalue weighted by atomic mass is 10.1. The summed E-state index contributed by atoms with van der Waals surface area (Å²) >= 11 is 0. The van der Waals surface area contributed by atoms with E-state index in [0.717, 1.165) is 47.1 Å². The highest BCUT2D eigenvalue weighted by Gasteiger charge is 2.16. The number of carbonyl (C=O) groups excluding carboxylic acids is 1. The van der Waals surface area contributed by atoms with Crippen molar-refractivity contribution in [3.05, 3.63) is 71.2 Å². The minimum atomic E-state index is 0.0411. The number of anilines is 1. The minimum Gasteiger partial charge on any atom is -0.378 e.